The minimum absolute atomic E-state index is 0.0225. The summed E-state index contributed by atoms with van der Waals surface area (Å²) < 4.78 is 0. The van der Waals surface area contributed by atoms with Crippen molar-refractivity contribution in [3.05, 3.63) is 65.7 Å². The van der Waals surface area contributed by atoms with Crippen LogP contribution in [0.15, 0.2) is 54.6 Å². The Bertz CT molecular complexity index is 1080. The van der Waals surface area contributed by atoms with Crippen molar-refractivity contribution < 1.29 is 39.3 Å². The summed E-state index contributed by atoms with van der Waals surface area (Å²) in [6, 6.07) is 10.1. The molecule has 0 saturated carbocycles. The second-order valence-corrected chi connectivity index (χ2v) is 7.94. The molecule has 0 saturated heterocycles. The van der Waals surface area contributed by atoms with Crippen LogP contribution in [0.3, 0.4) is 0 Å². The number of phenols is 1. The molecule has 0 aromatic heterocycles. The van der Waals surface area contributed by atoms with Gasteiger partial charge in [-0.2, -0.15) is 0 Å². The number of nitrogens with one attached hydrogen (secondary N) is 3. The minimum atomic E-state index is -1.62. The maximum absolute atomic E-state index is 13.0. The van der Waals surface area contributed by atoms with Crippen LogP contribution in [-0.4, -0.2) is 69.7 Å². The number of carbonyl (C=O) groups excluding carboxylic acids is 3. The van der Waals surface area contributed by atoms with E-state index in [1.165, 1.54) is 24.3 Å². The largest absolute Gasteiger partial charge is 0.508 e. The number of aliphatic carboxylic acids is 2. The van der Waals surface area contributed by atoms with Gasteiger partial charge in [0.25, 0.3) is 0 Å². The zero-order valence-electron chi connectivity index (χ0n) is 19.2. The number of nitrogens with two attached hydrogens (primary N) is 1. The average molecular weight is 501 g/mol. The van der Waals surface area contributed by atoms with E-state index in [1.54, 1.807) is 30.3 Å². The Morgan fingerprint density at radius 2 is 1.25 bits per heavy atom. The summed E-state index contributed by atoms with van der Waals surface area (Å²) in [6.07, 6.45) is -0.942. The van der Waals surface area contributed by atoms with Crippen molar-refractivity contribution in [1.82, 2.24) is 16.0 Å². The first-order valence-electron chi connectivity index (χ1n) is 11.0. The van der Waals surface area contributed by atoms with E-state index in [2.05, 4.69) is 16.0 Å². The number of amides is 3. The standard InChI is InChI=1S/C24H28N4O8/c25-13-20(30)26-17(10-14-4-2-1-3-5-14)22(33)27-18(12-21(31)32)23(34)28-19(24(35)36)11-15-6-8-16(29)9-7-15/h1-9,17-19,29H,10-13,25H2,(H,26,30)(H,27,33)(H,28,34)(H,31,32)(H,35,36)/t17-,18-,19-/m0/s1. The van der Waals surface area contributed by atoms with Gasteiger partial charge < -0.3 is 37.0 Å². The lowest BCUT2D eigenvalue weighted by molar-refractivity contribution is -0.143. The van der Waals surface area contributed by atoms with Crippen molar-refractivity contribution in [3.63, 3.8) is 0 Å². The molecule has 12 nitrogen and oxygen atoms in total. The van der Waals surface area contributed by atoms with Crippen molar-refractivity contribution in [1.29, 1.82) is 0 Å². The van der Waals surface area contributed by atoms with Gasteiger partial charge in [0.05, 0.1) is 13.0 Å². The van der Waals surface area contributed by atoms with Gasteiger partial charge in [0.2, 0.25) is 17.7 Å². The molecule has 192 valence electrons. The molecule has 0 spiro atoms. The topological polar surface area (TPSA) is 208 Å². The molecule has 2 aromatic carbocycles. The normalized spacial score (nSPS) is 13.0. The highest BCUT2D eigenvalue weighted by atomic mass is 16.4. The maximum atomic E-state index is 13.0. The molecule has 36 heavy (non-hydrogen) atoms. The molecule has 0 unspecified atom stereocenters. The number of benzene rings is 2. The van der Waals surface area contributed by atoms with E-state index in [4.69, 9.17) is 5.73 Å². The predicted molar refractivity (Wildman–Crippen MR) is 127 cm³/mol. The van der Waals surface area contributed by atoms with Gasteiger partial charge in [0, 0.05) is 12.8 Å². The van der Waals surface area contributed by atoms with E-state index < -0.39 is 60.8 Å². The third kappa shape index (κ3) is 9.06. The number of hydrogen-bond donors (Lipinski definition) is 7. The van der Waals surface area contributed by atoms with Gasteiger partial charge in [0.1, 0.15) is 23.9 Å². The van der Waals surface area contributed by atoms with Crippen molar-refractivity contribution in [2.45, 2.75) is 37.4 Å². The summed E-state index contributed by atoms with van der Waals surface area (Å²) >= 11 is 0. The van der Waals surface area contributed by atoms with E-state index in [0.29, 0.717) is 11.1 Å². The monoisotopic (exact) mass is 500 g/mol. The fourth-order valence-electron chi connectivity index (χ4n) is 3.31. The van der Waals surface area contributed by atoms with Crippen LogP contribution in [0.25, 0.3) is 0 Å². The Morgan fingerprint density at radius 1 is 0.722 bits per heavy atom. The molecule has 0 aliphatic carbocycles. The van der Waals surface area contributed by atoms with Gasteiger partial charge in [-0.25, -0.2) is 4.79 Å². The summed E-state index contributed by atoms with van der Waals surface area (Å²) in [4.78, 5) is 60.7. The molecule has 3 atom stereocenters. The van der Waals surface area contributed by atoms with Crippen molar-refractivity contribution in [2.24, 2.45) is 5.73 Å². The number of carboxylic acids is 2. The van der Waals surface area contributed by atoms with Crippen LogP contribution in [0.2, 0.25) is 0 Å². The van der Waals surface area contributed by atoms with Gasteiger partial charge in [-0.05, 0) is 23.3 Å². The summed E-state index contributed by atoms with van der Waals surface area (Å²) in [6.45, 7) is -0.394. The Hall–Kier alpha value is -4.45. The molecule has 0 radical (unpaired) electrons. The molecule has 0 aliphatic rings. The second-order valence-electron chi connectivity index (χ2n) is 7.94. The predicted octanol–water partition coefficient (Wildman–Crippen LogP) is -0.850. The molecule has 2 aromatic rings. The lowest BCUT2D eigenvalue weighted by Gasteiger charge is -2.24. The Labute approximate surface area is 206 Å². The van der Waals surface area contributed by atoms with E-state index >= 15 is 0 Å². The Balaban J connectivity index is 2.18. The lowest BCUT2D eigenvalue weighted by atomic mass is 10.0. The third-order valence-electron chi connectivity index (χ3n) is 5.12. The van der Waals surface area contributed by atoms with Crippen LogP contribution in [0.5, 0.6) is 5.75 Å². The molecule has 8 N–H and O–H groups in total. The van der Waals surface area contributed by atoms with Crippen LogP contribution in [-0.2, 0) is 36.8 Å². The van der Waals surface area contributed by atoms with Crippen molar-refractivity contribution >= 4 is 29.7 Å². The van der Waals surface area contributed by atoms with Crippen LogP contribution >= 0.6 is 0 Å². The first-order valence-corrected chi connectivity index (χ1v) is 11.0. The van der Waals surface area contributed by atoms with Gasteiger partial charge in [0.15, 0.2) is 0 Å². The van der Waals surface area contributed by atoms with Gasteiger partial charge in [-0.1, -0.05) is 42.5 Å². The molecule has 0 bridgehead atoms. The maximum Gasteiger partial charge on any atom is 0.326 e. The third-order valence-corrected chi connectivity index (χ3v) is 5.12. The van der Waals surface area contributed by atoms with E-state index in [1.807, 2.05) is 0 Å². The molecule has 12 heteroatoms. The van der Waals surface area contributed by atoms with Crippen LogP contribution in [0, 0.1) is 0 Å². The highest BCUT2D eigenvalue weighted by Gasteiger charge is 2.31. The molecule has 2 rings (SSSR count). The first-order chi connectivity index (χ1) is 17.1. The Kier molecular flexibility index (Phi) is 10.4. The van der Waals surface area contributed by atoms with Gasteiger partial charge in [-0.3, -0.25) is 19.2 Å². The fourth-order valence-corrected chi connectivity index (χ4v) is 3.31. The van der Waals surface area contributed by atoms with Crippen LogP contribution in [0.1, 0.15) is 17.5 Å². The second kappa shape index (κ2) is 13.4. The fraction of sp³-hybridized carbons (Fsp3) is 0.292. The number of rotatable bonds is 13. The molecular formula is C24H28N4O8. The summed E-state index contributed by atoms with van der Waals surface area (Å²) in [7, 11) is 0. The Morgan fingerprint density at radius 3 is 1.81 bits per heavy atom. The molecular weight excluding hydrogens is 472 g/mol. The number of hydrogen-bond acceptors (Lipinski definition) is 7. The van der Waals surface area contributed by atoms with Crippen LogP contribution < -0.4 is 21.7 Å². The zero-order valence-corrected chi connectivity index (χ0v) is 19.2. The minimum Gasteiger partial charge on any atom is -0.508 e. The quantitative estimate of drug-likeness (QED) is 0.182. The SMILES string of the molecule is NCC(=O)N[C@@H](Cc1ccccc1)C(=O)N[C@@H](CC(=O)O)C(=O)N[C@@H](Cc1ccc(O)cc1)C(=O)O. The van der Waals surface area contributed by atoms with Crippen LogP contribution in [0.4, 0.5) is 0 Å². The molecule has 0 aliphatic heterocycles. The first kappa shape index (κ1) is 27.8. The lowest BCUT2D eigenvalue weighted by Crippen LogP contribution is -2.57. The number of aromatic hydroxyl groups is 1. The van der Waals surface area contributed by atoms with E-state index in [-0.39, 0.29) is 18.6 Å². The summed E-state index contributed by atoms with van der Waals surface area (Å²) in [5, 5.41) is 35.1. The molecule has 0 heterocycles. The highest BCUT2D eigenvalue weighted by Crippen LogP contribution is 2.12. The highest BCUT2D eigenvalue weighted by molar-refractivity contribution is 5.95. The average Bonchev–Trinajstić information content (AvgIpc) is 2.84. The number of phenolic OH excluding ortho intramolecular Hbond substituents is 1. The van der Waals surface area contributed by atoms with Gasteiger partial charge in [-0.15, -0.1) is 0 Å². The zero-order chi connectivity index (χ0) is 26.7. The summed E-state index contributed by atoms with van der Waals surface area (Å²) in [5.74, 6) is -5.32. The van der Waals surface area contributed by atoms with E-state index in [0.717, 1.165) is 0 Å². The molecule has 3 amide bonds. The van der Waals surface area contributed by atoms with Crippen molar-refractivity contribution in [3.8, 4) is 5.75 Å². The number of carboxylic acid groups (broad SMARTS) is 2. The smallest absolute Gasteiger partial charge is 0.326 e. The van der Waals surface area contributed by atoms with E-state index in [9.17, 15) is 39.3 Å². The van der Waals surface area contributed by atoms with Crippen molar-refractivity contribution in [2.75, 3.05) is 6.54 Å². The molecule has 0 fully saturated rings. The number of carbonyl (C=O) groups is 5. The summed E-state index contributed by atoms with van der Waals surface area (Å²) in [5.41, 5.74) is 6.51. The van der Waals surface area contributed by atoms with Gasteiger partial charge >= 0.3 is 11.9 Å².